The maximum absolute atomic E-state index is 4.62. The Bertz CT molecular complexity index is 620. The summed E-state index contributed by atoms with van der Waals surface area (Å²) in [6, 6.07) is 25.0. The van der Waals surface area contributed by atoms with Crippen LogP contribution in [0.3, 0.4) is 0 Å². The molecule has 0 bridgehead atoms. The van der Waals surface area contributed by atoms with Crippen molar-refractivity contribution in [3.05, 3.63) is 76.5 Å². The zero-order chi connectivity index (χ0) is 13.1. The fraction of sp³-hybridized carbons (Fsp3) is 0. The standard InChI is InChI=1S/C17H12IN/c18-17-12-15(13-7-3-1-4-8-13)11-16(19-17)14-9-5-2-6-10-14/h1-12H. The van der Waals surface area contributed by atoms with Crippen LogP contribution >= 0.6 is 22.6 Å². The number of nitrogens with zero attached hydrogens (tertiary/aromatic N) is 1. The maximum atomic E-state index is 4.62. The van der Waals surface area contributed by atoms with Gasteiger partial charge in [-0.3, -0.25) is 0 Å². The minimum Gasteiger partial charge on any atom is -0.242 e. The summed E-state index contributed by atoms with van der Waals surface area (Å²) in [4.78, 5) is 4.62. The van der Waals surface area contributed by atoms with Gasteiger partial charge in [0.15, 0.2) is 0 Å². The molecule has 3 aromatic rings. The van der Waals surface area contributed by atoms with Crippen molar-refractivity contribution >= 4 is 22.6 Å². The molecule has 0 aliphatic carbocycles. The van der Waals surface area contributed by atoms with Crippen LogP contribution in [0.2, 0.25) is 0 Å². The van der Waals surface area contributed by atoms with Gasteiger partial charge in [-0.1, -0.05) is 60.7 Å². The zero-order valence-corrected chi connectivity index (χ0v) is 12.4. The molecule has 0 amide bonds. The summed E-state index contributed by atoms with van der Waals surface area (Å²) in [6.45, 7) is 0. The lowest BCUT2D eigenvalue weighted by molar-refractivity contribution is 1.27. The molecular weight excluding hydrogens is 345 g/mol. The van der Waals surface area contributed by atoms with Gasteiger partial charge in [0.05, 0.1) is 5.69 Å². The van der Waals surface area contributed by atoms with Crippen LogP contribution in [0.5, 0.6) is 0 Å². The quantitative estimate of drug-likeness (QED) is 0.464. The third-order valence-corrected chi connectivity index (χ3v) is 3.52. The molecule has 2 heteroatoms. The van der Waals surface area contributed by atoms with Crippen molar-refractivity contribution in [1.82, 2.24) is 4.98 Å². The van der Waals surface area contributed by atoms with Gasteiger partial charge in [0, 0.05) is 5.56 Å². The maximum Gasteiger partial charge on any atom is 0.102 e. The molecule has 0 radical (unpaired) electrons. The largest absolute Gasteiger partial charge is 0.242 e. The van der Waals surface area contributed by atoms with Gasteiger partial charge in [-0.05, 0) is 45.9 Å². The molecule has 1 heterocycles. The summed E-state index contributed by atoms with van der Waals surface area (Å²) in [5, 5.41) is 0. The molecule has 0 saturated heterocycles. The molecule has 0 aliphatic heterocycles. The number of hydrogen-bond acceptors (Lipinski definition) is 1. The molecular formula is C17H12IN. The van der Waals surface area contributed by atoms with Crippen LogP contribution in [-0.4, -0.2) is 4.98 Å². The van der Waals surface area contributed by atoms with Crippen molar-refractivity contribution in [2.45, 2.75) is 0 Å². The summed E-state index contributed by atoms with van der Waals surface area (Å²) in [7, 11) is 0. The van der Waals surface area contributed by atoms with E-state index in [-0.39, 0.29) is 0 Å². The Hall–Kier alpha value is -1.68. The van der Waals surface area contributed by atoms with Crippen molar-refractivity contribution in [2.75, 3.05) is 0 Å². The van der Waals surface area contributed by atoms with E-state index in [9.17, 15) is 0 Å². The van der Waals surface area contributed by atoms with E-state index in [1.54, 1.807) is 0 Å². The normalized spacial score (nSPS) is 10.4. The van der Waals surface area contributed by atoms with Gasteiger partial charge in [-0.2, -0.15) is 0 Å². The Morgan fingerprint density at radius 1 is 0.632 bits per heavy atom. The predicted octanol–water partition coefficient (Wildman–Crippen LogP) is 5.02. The molecule has 0 N–H and O–H groups in total. The van der Waals surface area contributed by atoms with Crippen LogP contribution in [0.25, 0.3) is 22.4 Å². The van der Waals surface area contributed by atoms with Gasteiger partial charge >= 0.3 is 0 Å². The first-order valence-corrected chi connectivity index (χ1v) is 7.19. The van der Waals surface area contributed by atoms with E-state index in [2.05, 4.69) is 76.1 Å². The summed E-state index contributed by atoms with van der Waals surface area (Å²) < 4.78 is 1.01. The Kier molecular flexibility index (Phi) is 3.60. The fourth-order valence-corrected chi connectivity index (χ4v) is 2.65. The predicted molar refractivity (Wildman–Crippen MR) is 87.8 cm³/mol. The number of halogens is 1. The third-order valence-electron chi connectivity index (χ3n) is 2.97. The smallest absolute Gasteiger partial charge is 0.102 e. The summed E-state index contributed by atoms with van der Waals surface area (Å²) >= 11 is 2.27. The van der Waals surface area contributed by atoms with Gasteiger partial charge in [-0.15, -0.1) is 0 Å². The van der Waals surface area contributed by atoms with E-state index >= 15 is 0 Å². The molecule has 0 aliphatic rings. The molecule has 0 saturated carbocycles. The van der Waals surface area contributed by atoms with Crippen LogP contribution < -0.4 is 0 Å². The van der Waals surface area contributed by atoms with E-state index in [4.69, 9.17) is 0 Å². The van der Waals surface area contributed by atoms with Gasteiger partial charge < -0.3 is 0 Å². The van der Waals surface area contributed by atoms with Crippen LogP contribution in [-0.2, 0) is 0 Å². The van der Waals surface area contributed by atoms with E-state index < -0.39 is 0 Å². The zero-order valence-electron chi connectivity index (χ0n) is 10.3. The fourth-order valence-electron chi connectivity index (χ4n) is 2.05. The van der Waals surface area contributed by atoms with E-state index in [0.717, 1.165) is 15.0 Å². The van der Waals surface area contributed by atoms with Crippen molar-refractivity contribution in [1.29, 1.82) is 0 Å². The molecule has 0 spiro atoms. The number of aromatic nitrogens is 1. The van der Waals surface area contributed by atoms with Gasteiger partial charge in [0.25, 0.3) is 0 Å². The van der Waals surface area contributed by atoms with Crippen molar-refractivity contribution in [2.24, 2.45) is 0 Å². The first-order chi connectivity index (χ1) is 9.33. The average molecular weight is 357 g/mol. The summed E-state index contributed by atoms with van der Waals surface area (Å²) in [5.41, 5.74) is 4.60. The Morgan fingerprint density at radius 2 is 1.21 bits per heavy atom. The first-order valence-electron chi connectivity index (χ1n) is 6.11. The Labute approximate surface area is 126 Å². The van der Waals surface area contributed by atoms with Crippen LogP contribution in [0.15, 0.2) is 72.8 Å². The third kappa shape index (κ3) is 2.84. The van der Waals surface area contributed by atoms with Crippen molar-refractivity contribution in [3.63, 3.8) is 0 Å². The highest BCUT2D eigenvalue weighted by atomic mass is 127. The van der Waals surface area contributed by atoms with Crippen LogP contribution in [0.1, 0.15) is 0 Å². The molecule has 0 unspecified atom stereocenters. The number of hydrogen-bond donors (Lipinski definition) is 0. The lowest BCUT2D eigenvalue weighted by atomic mass is 10.0. The van der Waals surface area contributed by atoms with Crippen LogP contribution in [0.4, 0.5) is 0 Å². The molecule has 92 valence electrons. The van der Waals surface area contributed by atoms with Crippen molar-refractivity contribution in [3.8, 4) is 22.4 Å². The highest BCUT2D eigenvalue weighted by Crippen LogP contribution is 2.26. The summed E-state index contributed by atoms with van der Waals surface area (Å²) in [6.07, 6.45) is 0. The minimum absolute atomic E-state index is 1.01. The van der Waals surface area contributed by atoms with E-state index in [1.807, 2.05) is 24.3 Å². The molecule has 0 fully saturated rings. The van der Waals surface area contributed by atoms with E-state index in [1.165, 1.54) is 11.1 Å². The van der Waals surface area contributed by atoms with E-state index in [0.29, 0.717) is 0 Å². The molecule has 3 rings (SSSR count). The van der Waals surface area contributed by atoms with Gasteiger partial charge in [-0.25, -0.2) is 4.98 Å². The molecule has 2 aromatic carbocycles. The second kappa shape index (κ2) is 5.53. The number of benzene rings is 2. The topological polar surface area (TPSA) is 12.9 Å². The molecule has 0 atom stereocenters. The lowest BCUT2D eigenvalue weighted by Gasteiger charge is -2.06. The number of rotatable bonds is 2. The summed E-state index contributed by atoms with van der Waals surface area (Å²) in [5.74, 6) is 0. The lowest BCUT2D eigenvalue weighted by Crippen LogP contribution is -1.89. The molecule has 1 aromatic heterocycles. The van der Waals surface area contributed by atoms with Crippen molar-refractivity contribution < 1.29 is 0 Å². The second-order valence-corrected chi connectivity index (χ2v) is 5.40. The Balaban J connectivity index is 2.12. The molecule has 1 nitrogen and oxygen atoms in total. The highest BCUT2D eigenvalue weighted by Gasteiger charge is 2.04. The first kappa shape index (κ1) is 12.4. The van der Waals surface area contributed by atoms with Gasteiger partial charge in [0.2, 0.25) is 0 Å². The average Bonchev–Trinajstić information content (AvgIpc) is 2.48. The number of pyridine rings is 1. The molecule has 19 heavy (non-hydrogen) atoms. The van der Waals surface area contributed by atoms with Crippen LogP contribution in [0, 0.1) is 3.70 Å². The highest BCUT2D eigenvalue weighted by molar-refractivity contribution is 14.1. The monoisotopic (exact) mass is 357 g/mol. The Morgan fingerprint density at radius 3 is 1.84 bits per heavy atom. The SMILES string of the molecule is Ic1cc(-c2ccccc2)cc(-c2ccccc2)n1. The second-order valence-electron chi connectivity index (χ2n) is 4.30. The minimum atomic E-state index is 1.01. The van der Waals surface area contributed by atoms with Gasteiger partial charge in [0.1, 0.15) is 3.70 Å².